The first-order valence-corrected chi connectivity index (χ1v) is 10.3. The molecule has 2 nitrogen and oxygen atoms in total. The van der Waals surface area contributed by atoms with E-state index >= 15 is 0 Å². The van der Waals surface area contributed by atoms with Gasteiger partial charge in [0, 0.05) is 0 Å². The lowest BCUT2D eigenvalue weighted by Gasteiger charge is -1.69. The predicted molar refractivity (Wildman–Crippen MR) is 118 cm³/mol. The van der Waals surface area contributed by atoms with Crippen molar-refractivity contribution < 1.29 is 9.59 Å². The van der Waals surface area contributed by atoms with Crippen LogP contribution in [0.4, 0.5) is 0 Å². The van der Waals surface area contributed by atoms with E-state index in [0.29, 0.717) is 0 Å². The summed E-state index contributed by atoms with van der Waals surface area (Å²) < 4.78 is -3.00. The molecule has 0 aliphatic carbocycles. The number of hydrogen-bond donors (Lipinski definition) is 0. The summed E-state index contributed by atoms with van der Waals surface area (Å²) >= 11 is 57.7. The minimum atomic E-state index is -0.750. The van der Waals surface area contributed by atoms with Crippen LogP contribution in [0.1, 0.15) is 27.7 Å². The van der Waals surface area contributed by atoms with E-state index < -0.39 is 17.2 Å². The van der Waals surface area contributed by atoms with Gasteiger partial charge in [-0.2, -0.15) is 0 Å². The third-order valence-electron chi connectivity index (χ3n) is 0. The molecular weight excluding hydrogens is 578 g/mol. The van der Waals surface area contributed by atoms with Gasteiger partial charge in [-0.1, -0.05) is 139 Å². The van der Waals surface area contributed by atoms with Crippen molar-refractivity contribution in [1.82, 2.24) is 0 Å². The van der Waals surface area contributed by atoms with Crippen LogP contribution in [-0.2, 0) is 9.59 Å². The Labute approximate surface area is 203 Å². The molecule has 0 heterocycles. The standard InChI is InChI=1S/2C3H6O.4CHCl3/c2*1-3(2)4;4*2-1(3)4/h2*1-2H3;4*1H. The molecule has 14 heteroatoms. The summed E-state index contributed by atoms with van der Waals surface area (Å²) in [4.78, 5) is 18.9. The Morgan fingerprint density at radius 2 is 0.417 bits per heavy atom. The van der Waals surface area contributed by atoms with Crippen molar-refractivity contribution in [2.45, 2.75) is 44.9 Å². The van der Waals surface area contributed by atoms with Crippen LogP contribution in [-0.4, -0.2) is 28.7 Å². The van der Waals surface area contributed by atoms with Gasteiger partial charge in [-0.3, -0.25) is 0 Å². The Morgan fingerprint density at radius 3 is 0.417 bits per heavy atom. The number of carbonyl (C=O) groups is 2. The molecule has 152 valence electrons. The number of rotatable bonds is 0. The second kappa shape index (κ2) is 36.7. The van der Waals surface area contributed by atoms with Crippen LogP contribution in [0.5, 0.6) is 0 Å². The van der Waals surface area contributed by atoms with Crippen LogP contribution in [0.25, 0.3) is 0 Å². The number of ketones is 2. The molecule has 0 aromatic rings. The first-order chi connectivity index (χ1) is 10.4. The van der Waals surface area contributed by atoms with Crippen LogP contribution in [0.15, 0.2) is 0 Å². The monoisotopic (exact) mass is 588 g/mol. The van der Waals surface area contributed by atoms with Gasteiger partial charge in [0.2, 0.25) is 0 Å². The summed E-state index contributed by atoms with van der Waals surface area (Å²) in [6.45, 7) is 6.11. The summed E-state index contributed by atoms with van der Waals surface area (Å²) in [5.74, 6) is 0.333. The largest absolute Gasteiger partial charge is 0.300 e. The van der Waals surface area contributed by atoms with Crippen LogP contribution >= 0.6 is 139 Å². The van der Waals surface area contributed by atoms with E-state index in [1.165, 1.54) is 27.7 Å². The van der Waals surface area contributed by atoms with Gasteiger partial charge >= 0.3 is 0 Å². The Hall–Kier alpha value is 2.82. The zero-order chi connectivity index (χ0) is 21.5. The Bertz CT molecular complexity index is 181. The van der Waals surface area contributed by atoms with Crippen molar-refractivity contribution >= 4 is 151 Å². The van der Waals surface area contributed by atoms with Crippen molar-refractivity contribution in [2.75, 3.05) is 0 Å². The Morgan fingerprint density at radius 1 is 0.417 bits per heavy atom. The van der Waals surface area contributed by atoms with Crippen molar-refractivity contribution in [2.24, 2.45) is 0 Å². The molecule has 0 N–H and O–H groups in total. The number of carbonyl (C=O) groups excluding carboxylic acids is 2. The fourth-order valence-electron chi connectivity index (χ4n) is 0. The first kappa shape index (κ1) is 41.2. The van der Waals surface area contributed by atoms with E-state index in [9.17, 15) is 9.59 Å². The summed E-state index contributed by atoms with van der Waals surface area (Å²) in [6, 6.07) is 0. The highest BCUT2D eigenvalue weighted by atomic mass is 35.6. The Balaban J connectivity index is -0.0000000405. The van der Waals surface area contributed by atoms with Crippen LogP contribution < -0.4 is 0 Å². The van der Waals surface area contributed by atoms with Gasteiger partial charge in [0.25, 0.3) is 0 Å². The highest BCUT2D eigenvalue weighted by Gasteiger charge is 1.80. The van der Waals surface area contributed by atoms with Crippen molar-refractivity contribution in [3.8, 4) is 0 Å². The molecule has 0 fully saturated rings. The van der Waals surface area contributed by atoms with Gasteiger partial charge in [0.05, 0.1) is 0 Å². The van der Waals surface area contributed by atoms with Gasteiger partial charge in [0.15, 0.2) is 17.2 Å². The van der Waals surface area contributed by atoms with Gasteiger partial charge in [-0.25, -0.2) is 0 Å². The molecule has 24 heavy (non-hydrogen) atoms. The lowest BCUT2D eigenvalue weighted by Crippen LogP contribution is -1.69. The van der Waals surface area contributed by atoms with E-state index in [4.69, 9.17) is 139 Å². The van der Waals surface area contributed by atoms with Gasteiger partial charge in [-0.15, -0.1) is 0 Å². The molecule has 0 aliphatic heterocycles. The maximum absolute atomic E-state index is 9.44. The molecule has 0 unspecified atom stereocenters. The third kappa shape index (κ3) is 1770. The number of hydrogen-bond acceptors (Lipinski definition) is 2. The van der Waals surface area contributed by atoms with E-state index in [1.54, 1.807) is 0 Å². The maximum Gasteiger partial charge on any atom is 0.180 e. The highest BCUT2D eigenvalue weighted by Crippen LogP contribution is 2.04. The van der Waals surface area contributed by atoms with Crippen molar-refractivity contribution in [3.63, 3.8) is 0 Å². The molecule has 0 aliphatic rings. The van der Waals surface area contributed by atoms with Crippen molar-refractivity contribution in [3.05, 3.63) is 0 Å². The lowest BCUT2D eigenvalue weighted by molar-refractivity contribution is -0.115. The third-order valence-corrected chi connectivity index (χ3v) is 0. The van der Waals surface area contributed by atoms with E-state index in [1.807, 2.05) is 0 Å². The fourth-order valence-corrected chi connectivity index (χ4v) is 0. The molecular formula is C10H16Cl12O2. The molecule has 0 radical (unpaired) electrons. The molecule has 0 atom stereocenters. The van der Waals surface area contributed by atoms with Crippen molar-refractivity contribution in [1.29, 1.82) is 0 Å². The second-order valence-corrected chi connectivity index (χ2v) is 10.7. The maximum atomic E-state index is 9.44. The second-order valence-electron chi connectivity index (χ2n) is 2.81. The Kier molecular flexibility index (Phi) is 63.1. The molecule has 0 amide bonds. The van der Waals surface area contributed by atoms with Crippen LogP contribution in [0.3, 0.4) is 0 Å². The molecule has 0 spiro atoms. The average molecular weight is 594 g/mol. The van der Waals surface area contributed by atoms with Gasteiger partial charge < -0.3 is 9.59 Å². The smallest absolute Gasteiger partial charge is 0.180 e. The number of Topliss-reactive ketones (excluding diaryl/α,β-unsaturated/α-hetero) is 2. The average Bonchev–Trinajstić information content (AvgIpc) is 2.08. The highest BCUT2D eigenvalue weighted by molar-refractivity contribution is 6.64. The van der Waals surface area contributed by atoms with Crippen LogP contribution in [0, 0.1) is 0 Å². The lowest BCUT2D eigenvalue weighted by atomic mass is 10.6. The molecule has 0 rings (SSSR count). The molecule has 0 saturated heterocycles. The zero-order valence-electron chi connectivity index (χ0n) is 12.7. The quantitative estimate of drug-likeness (QED) is 0.263. The summed E-state index contributed by atoms with van der Waals surface area (Å²) in [7, 11) is 0. The molecule has 0 aromatic carbocycles. The van der Waals surface area contributed by atoms with E-state index in [0.717, 1.165) is 0 Å². The SMILES string of the molecule is CC(C)=O.CC(C)=O.ClC(Cl)Cl.ClC(Cl)Cl.ClC(Cl)Cl.ClC(Cl)Cl. The van der Waals surface area contributed by atoms with Crippen LogP contribution in [0.2, 0.25) is 0 Å². The summed E-state index contributed by atoms with van der Waals surface area (Å²) in [6.07, 6.45) is 0. The normalized spacial score (nSPS) is 8.17. The van der Waals surface area contributed by atoms with E-state index in [2.05, 4.69) is 0 Å². The van der Waals surface area contributed by atoms with E-state index in [-0.39, 0.29) is 11.6 Å². The first-order valence-electron chi connectivity index (χ1n) is 5.03. The van der Waals surface area contributed by atoms with Gasteiger partial charge in [0.1, 0.15) is 11.6 Å². The predicted octanol–water partition coefficient (Wildman–Crippen LogP) is 9.14. The minimum Gasteiger partial charge on any atom is -0.300 e. The molecule has 0 aromatic heterocycles. The number of alkyl halides is 12. The van der Waals surface area contributed by atoms with Gasteiger partial charge in [-0.05, 0) is 27.7 Å². The topological polar surface area (TPSA) is 34.1 Å². The minimum absolute atomic E-state index is 0.167. The molecule has 0 bridgehead atoms. The number of halogens is 12. The zero-order valence-corrected chi connectivity index (χ0v) is 21.7. The molecule has 0 saturated carbocycles. The summed E-state index contributed by atoms with van der Waals surface area (Å²) in [5, 5.41) is 0. The fraction of sp³-hybridized carbons (Fsp3) is 0.800. The summed E-state index contributed by atoms with van der Waals surface area (Å²) in [5.41, 5.74) is 0.